The molecule has 3 aromatic carbocycles. The van der Waals surface area contributed by atoms with Crippen molar-refractivity contribution in [1.29, 1.82) is 0 Å². The standard InChI is InChI=1S/C26H26BrN3O4/c1-16-7-11-19(12-8-16)29-26(33)34-25(20-15-18(27)10-13-23(20)31)17(2)9-14-24(32)30-22-6-4-3-5-21(22)28/h3-15,17,25,31H,28H2,1-2H3,(H,29,33)(H,30,32)/b14-9+/t17-,25-/m1/s1. The topological polar surface area (TPSA) is 114 Å². The first-order valence-corrected chi connectivity index (χ1v) is 11.4. The average molecular weight is 524 g/mol. The highest BCUT2D eigenvalue weighted by Gasteiger charge is 2.25. The number of hydrogen-bond donors (Lipinski definition) is 4. The van der Waals surface area contributed by atoms with E-state index in [1.54, 1.807) is 61.5 Å². The van der Waals surface area contributed by atoms with Crippen molar-refractivity contribution >= 4 is 45.0 Å². The number of carbonyl (C=O) groups is 2. The van der Waals surface area contributed by atoms with Gasteiger partial charge in [0, 0.05) is 21.6 Å². The van der Waals surface area contributed by atoms with E-state index >= 15 is 0 Å². The van der Waals surface area contributed by atoms with Gasteiger partial charge in [-0.2, -0.15) is 0 Å². The molecular formula is C26H26BrN3O4. The van der Waals surface area contributed by atoms with E-state index in [-0.39, 0.29) is 11.7 Å². The number of aryl methyl sites for hydroxylation is 1. The highest BCUT2D eigenvalue weighted by atomic mass is 79.9. The first kappa shape index (κ1) is 24.9. The summed E-state index contributed by atoms with van der Waals surface area (Å²) in [4.78, 5) is 25.1. The molecule has 0 unspecified atom stereocenters. The molecule has 8 heteroatoms. The van der Waals surface area contributed by atoms with Crippen LogP contribution in [0.25, 0.3) is 0 Å². The Hall–Kier alpha value is -3.78. The minimum Gasteiger partial charge on any atom is -0.508 e. The molecular weight excluding hydrogens is 498 g/mol. The maximum Gasteiger partial charge on any atom is 0.412 e. The number of ether oxygens (including phenoxy) is 1. The fourth-order valence-electron chi connectivity index (χ4n) is 3.23. The first-order valence-electron chi connectivity index (χ1n) is 10.6. The number of carbonyl (C=O) groups excluding carboxylic acids is 2. The van der Waals surface area contributed by atoms with Crippen LogP contribution in [0, 0.1) is 12.8 Å². The molecule has 2 atom stereocenters. The molecule has 0 aliphatic carbocycles. The number of halogens is 1. The van der Waals surface area contributed by atoms with Gasteiger partial charge in [0.2, 0.25) is 5.91 Å². The molecule has 0 saturated carbocycles. The Morgan fingerprint density at radius 3 is 2.47 bits per heavy atom. The number of benzene rings is 3. The lowest BCUT2D eigenvalue weighted by Gasteiger charge is -2.24. The molecule has 0 radical (unpaired) electrons. The summed E-state index contributed by atoms with van der Waals surface area (Å²) < 4.78 is 6.41. The lowest BCUT2D eigenvalue weighted by atomic mass is 9.96. The van der Waals surface area contributed by atoms with Crippen LogP contribution in [0.15, 0.2) is 83.4 Å². The third-order valence-corrected chi connectivity index (χ3v) is 5.57. The Labute approximate surface area is 206 Å². The summed E-state index contributed by atoms with van der Waals surface area (Å²) in [6.07, 6.45) is 1.41. The third kappa shape index (κ3) is 6.86. The Morgan fingerprint density at radius 1 is 1.06 bits per heavy atom. The number of amides is 2. The minimum absolute atomic E-state index is 0.0295. The molecule has 176 valence electrons. The zero-order valence-corrected chi connectivity index (χ0v) is 20.4. The van der Waals surface area contributed by atoms with Gasteiger partial charge in [-0.3, -0.25) is 10.1 Å². The number of anilines is 3. The van der Waals surface area contributed by atoms with Crippen LogP contribution in [0.2, 0.25) is 0 Å². The highest BCUT2D eigenvalue weighted by molar-refractivity contribution is 9.10. The normalized spacial score (nSPS) is 12.7. The zero-order chi connectivity index (χ0) is 24.7. The molecule has 5 N–H and O–H groups in total. The summed E-state index contributed by atoms with van der Waals surface area (Å²) in [7, 11) is 0. The summed E-state index contributed by atoms with van der Waals surface area (Å²) in [5.41, 5.74) is 8.86. The van der Waals surface area contributed by atoms with Crippen LogP contribution in [0.3, 0.4) is 0 Å². The summed E-state index contributed by atoms with van der Waals surface area (Å²) in [5.74, 6) is -0.869. The molecule has 7 nitrogen and oxygen atoms in total. The van der Waals surface area contributed by atoms with E-state index in [2.05, 4.69) is 26.6 Å². The van der Waals surface area contributed by atoms with Gasteiger partial charge >= 0.3 is 6.09 Å². The number of nitrogens with one attached hydrogen (secondary N) is 2. The SMILES string of the molecule is Cc1ccc(NC(=O)O[C@@H](c2cc(Br)ccc2O)[C@H](C)/C=C/C(=O)Nc2ccccc2N)cc1. The number of nitrogen functional groups attached to an aromatic ring is 1. The number of para-hydroxylation sites is 2. The maximum atomic E-state index is 12.7. The van der Waals surface area contributed by atoms with Crippen molar-refractivity contribution in [3.63, 3.8) is 0 Å². The van der Waals surface area contributed by atoms with Crippen molar-refractivity contribution < 1.29 is 19.4 Å². The van der Waals surface area contributed by atoms with Crippen LogP contribution in [0.1, 0.15) is 24.2 Å². The minimum atomic E-state index is -0.867. The van der Waals surface area contributed by atoms with Crippen LogP contribution in [-0.4, -0.2) is 17.1 Å². The van der Waals surface area contributed by atoms with Crippen molar-refractivity contribution in [3.05, 3.63) is 94.5 Å². The number of hydrogen-bond acceptors (Lipinski definition) is 5. The number of phenolic OH excluding ortho intramolecular Hbond substituents is 1. The molecule has 0 aromatic heterocycles. The fourth-order valence-corrected chi connectivity index (χ4v) is 3.61. The van der Waals surface area contributed by atoms with Crippen LogP contribution >= 0.6 is 15.9 Å². The van der Waals surface area contributed by atoms with E-state index in [1.807, 2.05) is 19.1 Å². The molecule has 2 amide bonds. The number of rotatable bonds is 7. The molecule has 0 heterocycles. The second-order valence-corrected chi connectivity index (χ2v) is 8.73. The molecule has 0 bridgehead atoms. The van der Waals surface area contributed by atoms with Gasteiger partial charge in [-0.05, 0) is 55.5 Å². The summed E-state index contributed by atoms with van der Waals surface area (Å²) >= 11 is 3.39. The zero-order valence-electron chi connectivity index (χ0n) is 18.8. The smallest absolute Gasteiger partial charge is 0.412 e. The van der Waals surface area contributed by atoms with Crippen molar-refractivity contribution in [1.82, 2.24) is 0 Å². The number of phenols is 1. The Bertz CT molecular complexity index is 1190. The Kier molecular flexibility index (Phi) is 8.32. The van der Waals surface area contributed by atoms with Gasteiger partial charge < -0.3 is 20.9 Å². The number of aromatic hydroxyl groups is 1. The van der Waals surface area contributed by atoms with Crippen molar-refractivity contribution in [3.8, 4) is 5.75 Å². The summed E-state index contributed by atoms with van der Waals surface area (Å²) in [6, 6.07) is 19.1. The van der Waals surface area contributed by atoms with E-state index in [1.165, 1.54) is 12.1 Å². The van der Waals surface area contributed by atoms with Crippen LogP contribution in [0.4, 0.5) is 21.9 Å². The second kappa shape index (κ2) is 11.4. The van der Waals surface area contributed by atoms with E-state index < -0.39 is 18.1 Å². The lowest BCUT2D eigenvalue weighted by molar-refractivity contribution is -0.111. The monoisotopic (exact) mass is 523 g/mol. The van der Waals surface area contributed by atoms with Gasteiger partial charge in [-0.25, -0.2) is 4.79 Å². The Morgan fingerprint density at radius 2 is 1.76 bits per heavy atom. The van der Waals surface area contributed by atoms with Gasteiger partial charge in [0.15, 0.2) is 0 Å². The van der Waals surface area contributed by atoms with Crippen LogP contribution in [-0.2, 0) is 9.53 Å². The van der Waals surface area contributed by atoms with Gasteiger partial charge in [-0.1, -0.05) is 58.8 Å². The number of nitrogens with two attached hydrogens (primary N) is 1. The molecule has 0 aliphatic heterocycles. The first-order chi connectivity index (χ1) is 16.2. The van der Waals surface area contributed by atoms with Crippen molar-refractivity contribution in [2.75, 3.05) is 16.4 Å². The van der Waals surface area contributed by atoms with E-state index in [4.69, 9.17) is 10.5 Å². The van der Waals surface area contributed by atoms with Crippen molar-refractivity contribution in [2.24, 2.45) is 5.92 Å². The quantitative estimate of drug-likeness (QED) is 0.218. The lowest BCUT2D eigenvalue weighted by Crippen LogP contribution is -2.21. The third-order valence-electron chi connectivity index (χ3n) is 5.08. The van der Waals surface area contributed by atoms with Gasteiger partial charge in [0.05, 0.1) is 11.4 Å². The van der Waals surface area contributed by atoms with Crippen molar-refractivity contribution in [2.45, 2.75) is 20.0 Å². The molecule has 3 aromatic rings. The fraction of sp³-hybridized carbons (Fsp3) is 0.154. The molecule has 0 fully saturated rings. The molecule has 0 spiro atoms. The Balaban J connectivity index is 1.78. The molecule has 3 rings (SSSR count). The van der Waals surface area contributed by atoms with Gasteiger partial charge in [0.1, 0.15) is 11.9 Å². The highest BCUT2D eigenvalue weighted by Crippen LogP contribution is 2.35. The average Bonchev–Trinajstić information content (AvgIpc) is 2.80. The van der Waals surface area contributed by atoms with Crippen LogP contribution < -0.4 is 16.4 Å². The predicted molar refractivity (Wildman–Crippen MR) is 138 cm³/mol. The summed E-state index contributed by atoms with van der Waals surface area (Å²) in [6.45, 7) is 3.73. The predicted octanol–water partition coefficient (Wildman–Crippen LogP) is 6.17. The maximum absolute atomic E-state index is 12.7. The van der Waals surface area contributed by atoms with E-state index in [9.17, 15) is 14.7 Å². The second-order valence-electron chi connectivity index (χ2n) is 7.81. The molecule has 0 aliphatic rings. The molecule has 34 heavy (non-hydrogen) atoms. The van der Waals surface area contributed by atoms with Gasteiger partial charge in [-0.15, -0.1) is 0 Å². The van der Waals surface area contributed by atoms with E-state index in [0.29, 0.717) is 27.1 Å². The van der Waals surface area contributed by atoms with E-state index in [0.717, 1.165) is 5.56 Å². The summed E-state index contributed by atoms with van der Waals surface area (Å²) in [5, 5.41) is 15.8. The largest absolute Gasteiger partial charge is 0.508 e. The molecule has 0 saturated heterocycles. The van der Waals surface area contributed by atoms with Crippen LogP contribution in [0.5, 0.6) is 5.75 Å². The van der Waals surface area contributed by atoms with Gasteiger partial charge in [0.25, 0.3) is 0 Å².